The molecule has 1 nitrogen and oxygen atoms in total. The summed E-state index contributed by atoms with van der Waals surface area (Å²) in [5.41, 5.74) is 2.23. The normalized spacial score (nSPS) is 39.6. The van der Waals surface area contributed by atoms with E-state index in [1.807, 2.05) is 6.92 Å². The first kappa shape index (κ1) is 11.9. The van der Waals surface area contributed by atoms with Gasteiger partial charge in [0.1, 0.15) is 0 Å². The molecule has 0 aromatic carbocycles. The molecule has 1 N–H and O–H groups in total. The molecule has 0 aromatic rings. The molecule has 0 spiro atoms. The van der Waals surface area contributed by atoms with Crippen molar-refractivity contribution in [3.05, 3.63) is 23.8 Å². The van der Waals surface area contributed by atoms with Crippen LogP contribution >= 0.6 is 0 Å². The minimum atomic E-state index is -0.488. The Morgan fingerprint density at radius 1 is 1.44 bits per heavy atom. The van der Waals surface area contributed by atoms with Crippen molar-refractivity contribution >= 4 is 0 Å². The molecule has 16 heavy (non-hydrogen) atoms. The van der Waals surface area contributed by atoms with Crippen molar-refractivity contribution in [1.29, 1.82) is 0 Å². The number of hydrogen-bond donors (Lipinski definition) is 1. The zero-order valence-corrected chi connectivity index (χ0v) is 10.8. The van der Waals surface area contributed by atoms with E-state index in [0.29, 0.717) is 17.8 Å². The monoisotopic (exact) mass is 220 g/mol. The maximum absolute atomic E-state index is 10.5. The van der Waals surface area contributed by atoms with Gasteiger partial charge in [-0.2, -0.15) is 0 Å². The Morgan fingerprint density at radius 2 is 2.12 bits per heavy atom. The predicted molar refractivity (Wildman–Crippen MR) is 68.1 cm³/mol. The van der Waals surface area contributed by atoms with Crippen molar-refractivity contribution in [2.45, 2.75) is 52.1 Å². The quantitative estimate of drug-likeness (QED) is 0.714. The average molecular weight is 220 g/mol. The minimum Gasteiger partial charge on any atom is -0.390 e. The summed E-state index contributed by atoms with van der Waals surface area (Å²) in [6.45, 7) is 10.7. The van der Waals surface area contributed by atoms with Crippen LogP contribution in [0.1, 0.15) is 46.5 Å². The Bertz CT molecular complexity index is 322. The lowest BCUT2D eigenvalue weighted by Crippen LogP contribution is -2.44. The number of hydrogen-bond acceptors (Lipinski definition) is 1. The molecule has 1 heteroatoms. The van der Waals surface area contributed by atoms with Crippen LogP contribution in [0.2, 0.25) is 0 Å². The van der Waals surface area contributed by atoms with Gasteiger partial charge in [-0.25, -0.2) is 0 Å². The fraction of sp³-hybridized carbons (Fsp3) is 0.733. The van der Waals surface area contributed by atoms with E-state index in [4.69, 9.17) is 0 Å². The van der Waals surface area contributed by atoms with E-state index in [2.05, 4.69) is 26.5 Å². The average Bonchev–Trinajstić information content (AvgIpc) is 2.16. The summed E-state index contributed by atoms with van der Waals surface area (Å²) in [4.78, 5) is 0. The maximum Gasteiger partial charge on any atom is 0.0685 e. The highest BCUT2D eigenvalue weighted by molar-refractivity contribution is 5.32. The molecular formula is C15H24O. The van der Waals surface area contributed by atoms with Gasteiger partial charge in [0.25, 0.3) is 0 Å². The van der Waals surface area contributed by atoms with E-state index in [1.165, 1.54) is 11.1 Å². The van der Waals surface area contributed by atoms with E-state index in [0.717, 1.165) is 25.7 Å². The van der Waals surface area contributed by atoms with Gasteiger partial charge in [0.15, 0.2) is 0 Å². The highest BCUT2D eigenvalue weighted by Gasteiger charge is 2.43. The molecule has 0 amide bonds. The highest BCUT2D eigenvalue weighted by atomic mass is 16.3. The Balaban J connectivity index is 2.34. The van der Waals surface area contributed by atoms with Crippen LogP contribution in [0.5, 0.6) is 0 Å². The molecule has 2 rings (SSSR count). The summed E-state index contributed by atoms with van der Waals surface area (Å²) in [6, 6.07) is 0. The van der Waals surface area contributed by atoms with E-state index in [1.54, 1.807) is 0 Å². The summed E-state index contributed by atoms with van der Waals surface area (Å²) < 4.78 is 0. The first-order valence-corrected chi connectivity index (χ1v) is 6.53. The molecule has 0 heterocycles. The van der Waals surface area contributed by atoms with Gasteiger partial charge >= 0.3 is 0 Å². The molecule has 0 saturated heterocycles. The number of fused-ring (bicyclic) bond motifs is 1. The maximum atomic E-state index is 10.5. The second-order valence-electron chi connectivity index (χ2n) is 6.14. The van der Waals surface area contributed by atoms with Gasteiger partial charge in [-0.15, -0.1) is 0 Å². The molecule has 3 atom stereocenters. The van der Waals surface area contributed by atoms with Crippen molar-refractivity contribution in [2.75, 3.05) is 0 Å². The smallest absolute Gasteiger partial charge is 0.0685 e. The first-order chi connectivity index (χ1) is 7.42. The minimum absolute atomic E-state index is 0.374. The third-order valence-electron chi connectivity index (χ3n) is 4.47. The molecule has 90 valence electrons. The second kappa shape index (κ2) is 4.03. The van der Waals surface area contributed by atoms with Crippen molar-refractivity contribution in [3.63, 3.8) is 0 Å². The van der Waals surface area contributed by atoms with Crippen LogP contribution in [0.3, 0.4) is 0 Å². The summed E-state index contributed by atoms with van der Waals surface area (Å²) in [6.07, 6.45) is 6.48. The van der Waals surface area contributed by atoms with Crippen LogP contribution in [0.15, 0.2) is 23.8 Å². The Labute approximate surface area is 99.3 Å². The van der Waals surface area contributed by atoms with Gasteiger partial charge in [-0.1, -0.05) is 37.6 Å². The standard InChI is InChI=1S/C15H24O/c1-10(2)12-7-8-15(4,16)14-6-5-11(3)9-13(12)14/h9-10,12,14,16H,3,5-8H2,1-2,4H3/t12-,14?,15+/m1/s1. The molecule has 1 saturated carbocycles. The molecule has 1 unspecified atom stereocenters. The lowest BCUT2D eigenvalue weighted by Gasteiger charge is -2.46. The van der Waals surface area contributed by atoms with Crippen molar-refractivity contribution in [2.24, 2.45) is 17.8 Å². The summed E-state index contributed by atoms with van der Waals surface area (Å²) in [5.74, 6) is 1.71. The third kappa shape index (κ3) is 1.98. The van der Waals surface area contributed by atoms with Crippen LogP contribution in [-0.2, 0) is 0 Å². The van der Waals surface area contributed by atoms with Crippen LogP contribution in [0.4, 0.5) is 0 Å². The number of allylic oxidation sites excluding steroid dienone is 2. The number of aliphatic hydroxyl groups is 1. The van der Waals surface area contributed by atoms with Crippen LogP contribution in [-0.4, -0.2) is 10.7 Å². The molecule has 0 bridgehead atoms. The molecule has 0 aliphatic heterocycles. The zero-order chi connectivity index (χ0) is 11.9. The van der Waals surface area contributed by atoms with Crippen molar-refractivity contribution in [1.82, 2.24) is 0 Å². The third-order valence-corrected chi connectivity index (χ3v) is 4.47. The fourth-order valence-electron chi connectivity index (χ4n) is 3.45. The Hall–Kier alpha value is -0.560. The molecule has 1 fully saturated rings. The highest BCUT2D eigenvalue weighted by Crippen LogP contribution is 2.48. The molecule has 0 radical (unpaired) electrons. The van der Waals surface area contributed by atoms with E-state index >= 15 is 0 Å². The topological polar surface area (TPSA) is 20.2 Å². The van der Waals surface area contributed by atoms with Crippen LogP contribution in [0, 0.1) is 17.8 Å². The van der Waals surface area contributed by atoms with Gasteiger partial charge in [0.05, 0.1) is 5.60 Å². The van der Waals surface area contributed by atoms with Gasteiger partial charge in [-0.05, 0) is 44.4 Å². The SMILES string of the molecule is C=C1C=C2C(CC1)[C@@](C)(O)CC[C@@H]2C(C)C. The van der Waals surface area contributed by atoms with Crippen LogP contribution < -0.4 is 0 Å². The summed E-state index contributed by atoms with van der Waals surface area (Å²) in [5, 5.41) is 10.5. The second-order valence-corrected chi connectivity index (χ2v) is 6.14. The first-order valence-electron chi connectivity index (χ1n) is 6.53. The Kier molecular flexibility index (Phi) is 3.00. The zero-order valence-electron chi connectivity index (χ0n) is 10.8. The van der Waals surface area contributed by atoms with E-state index < -0.39 is 5.60 Å². The summed E-state index contributed by atoms with van der Waals surface area (Å²) >= 11 is 0. The lowest BCUT2D eigenvalue weighted by molar-refractivity contribution is -0.0269. The van der Waals surface area contributed by atoms with Crippen molar-refractivity contribution in [3.8, 4) is 0 Å². The van der Waals surface area contributed by atoms with E-state index in [-0.39, 0.29) is 0 Å². The molecule has 0 aromatic heterocycles. The number of rotatable bonds is 1. The molecular weight excluding hydrogens is 196 g/mol. The van der Waals surface area contributed by atoms with Gasteiger partial charge < -0.3 is 5.11 Å². The van der Waals surface area contributed by atoms with E-state index in [9.17, 15) is 5.11 Å². The Morgan fingerprint density at radius 3 is 2.75 bits per heavy atom. The van der Waals surface area contributed by atoms with Gasteiger partial charge in [0, 0.05) is 5.92 Å². The van der Waals surface area contributed by atoms with Crippen LogP contribution in [0.25, 0.3) is 0 Å². The molecule has 2 aliphatic rings. The lowest BCUT2D eigenvalue weighted by atomic mass is 9.62. The fourth-order valence-corrected chi connectivity index (χ4v) is 3.45. The van der Waals surface area contributed by atoms with Gasteiger partial charge in [0.2, 0.25) is 0 Å². The predicted octanol–water partition coefficient (Wildman–Crippen LogP) is 3.70. The van der Waals surface area contributed by atoms with Gasteiger partial charge in [-0.3, -0.25) is 0 Å². The van der Waals surface area contributed by atoms with Crippen molar-refractivity contribution < 1.29 is 5.11 Å². The summed E-state index contributed by atoms with van der Waals surface area (Å²) in [7, 11) is 0. The molecule has 2 aliphatic carbocycles. The largest absolute Gasteiger partial charge is 0.390 e.